The predicted octanol–water partition coefficient (Wildman–Crippen LogP) is 2.55. The summed E-state index contributed by atoms with van der Waals surface area (Å²) >= 11 is 0. The van der Waals surface area contributed by atoms with Crippen molar-refractivity contribution in [3.63, 3.8) is 0 Å². The summed E-state index contributed by atoms with van der Waals surface area (Å²) in [6.07, 6.45) is -0.730. The number of nitrogens with one attached hydrogen (secondary N) is 1. The van der Waals surface area contributed by atoms with Crippen molar-refractivity contribution >= 4 is 12.1 Å². The fourth-order valence-electron chi connectivity index (χ4n) is 1.41. The summed E-state index contributed by atoms with van der Waals surface area (Å²) in [4.78, 5) is 22.4. The Bertz CT molecular complexity index is 494. The number of halogens is 1. The quantitative estimate of drug-likeness (QED) is 0.884. The number of alkyl carbamates (subject to hydrolysis) is 1. The summed E-state index contributed by atoms with van der Waals surface area (Å²) in [5, 5.41) is 11.3. The van der Waals surface area contributed by atoms with Gasteiger partial charge in [-0.25, -0.2) is 14.0 Å². The van der Waals surface area contributed by atoms with E-state index in [-0.39, 0.29) is 17.7 Å². The highest BCUT2D eigenvalue weighted by molar-refractivity contribution is 5.89. The molecule has 0 radical (unpaired) electrons. The Hall–Kier alpha value is -2.11. The van der Waals surface area contributed by atoms with Crippen LogP contribution < -0.4 is 5.32 Å². The van der Waals surface area contributed by atoms with Crippen molar-refractivity contribution in [2.24, 2.45) is 0 Å². The SMILES string of the molecule is CC(C)(C)OC(=O)NCc1c(F)cccc1C(=O)O. The fourth-order valence-corrected chi connectivity index (χ4v) is 1.41. The second-order valence-corrected chi connectivity index (χ2v) is 4.93. The Morgan fingerprint density at radius 3 is 2.53 bits per heavy atom. The third-order valence-corrected chi connectivity index (χ3v) is 2.16. The Balaban J connectivity index is 2.78. The first-order valence-electron chi connectivity index (χ1n) is 5.68. The first-order valence-corrected chi connectivity index (χ1v) is 5.68. The summed E-state index contributed by atoms with van der Waals surface area (Å²) in [5.41, 5.74) is -0.938. The molecule has 0 atom stereocenters. The maximum absolute atomic E-state index is 13.5. The van der Waals surface area contributed by atoms with Crippen molar-refractivity contribution in [1.82, 2.24) is 5.32 Å². The fraction of sp³-hybridized carbons (Fsp3) is 0.385. The first-order chi connectivity index (χ1) is 8.70. The molecule has 0 unspecified atom stereocenters. The lowest BCUT2D eigenvalue weighted by Gasteiger charge is -2.20. The monoisotopic (exact) mass is 269 g/mol. The van der Waals surface area contributed by atoms with Crippen LogP contribution in [-0.2, 0) is 11.3 Å². The van der Waals surface area contributed by atoms with E-state index in [9.17, 15) is 14.0 Å². The number of carboxylic acid groups (broad SMARTS) is 1. The van der Waals surface area contributed by atoms with Gasteiger partial charge in [0.05, 0.1) is 5.56 Å². The lowest BCUT2D eigenvalue weighted by molar-refractivity contribution is 0.0520. The molecule has 19 heavy (non-hydrogen) atoms. The van der Waals surface area contributed by atoms with Gasteiger partial charge in [0.2, 0.25) is 0 Å². The number of hydrogen-bond donors (Lipinski definition) is 2. The van der Waals surface area contributed by atoms with Gasteiger partial charge in [0.25, 0.3) is 0 Å². The zero-order valence-corrected chi connectivity index (χ0v) is 11.0. The van der Waals surface area contributed by atoms with Crippen LogP contribution in [0, 0.1) is 5.82 Å². The van der Waals surface area contributed by atoms with Crippen LogP contribution in [0.15, 0.2) is 18.2 Å². The third-order valence-electron chi connectivity index (χ3n) is 2.16. The number of hydrogen-bond acceptors (Lipinski definition) is 3. The average Bonchev–Trinajstić information content (AvgIpc) is 2.24. The van der Waals surface area contributed by atoms with Crippen molar-refractivity contribution < 1.29 is 23.8 Å². The lowest BCUT2D eigenvalue weighted by atomic mass is 10.1. The number of benzene rings is 1. The van der Waals surface area contributed by atoms with Crippen LogP contribution >= 0.6 is 0 Å². The molecule has 1 aromatic carbocycles. The minimum absolute atomic E-state index is 0.0825. The van der Waals surface area contributed by atoms with E-state index in [1.807, 2.05) is 0 Å². The Kier molecular flexibility index (Phi) is 4.47. The van der Waals surface area contributed by atoms with Gasteiger partial charge in [-0.05, 0) is 32.9 Å². The first kappa shape index (κ1) is 14.9. The van der Waals surface area contributed by atoms with Gasteiger partial charge in [-0.3, -0.25) is 0 Å². The van der Waals surface area contributed by atoms with E-state index in [1.165, 1.54) is 12.1 Å². The minimum Gasteiger partial charge on any atom is -0.478 e. The van der Waals surface area contributed by atoms with E-state index >= 15 is 0 Å². The van der Waals surface area contributed by atoms with Crippen LogP contribution in [-0.4, -0.2) is 22.8 Å². The van der Waals surface area contributed by atoms with Crippen LogP contribution in [0.3, 0.4) is 0 Å². The molecule has 0 bridgehead atoms. The molecule has 0 aromatic heterocycles. The Morgan fingerprint density at radius 1 is 1.37 bits per heavy atom. The molecule has 2 N–H and O–H groups in total. The van der Waals surface area contributed by atoms with Gasteiger partial charge in [-0.1, -0.05) is 6.07 Å². The van der Waals surface area contributed by atoms with Crippen LogP contribution in [0.25, 0.3) is 0 Å². The summed E-state index contributed by atoms with van der Waals surface area (Å²) in [7, 11) is 0. The summed E-state index contributed by atoms with van der Waals surface area (Å²) in [6, 6.07) is 3.71. The molecular formula is C13H16FNO4. The van der Waals surface area contributed by atoms with Crippen molar-refractivity contribution in [3.8, 4) is 0 Å². The molecule has 0 spiro atoms. The van der Waals surface area contributed by atoms with Gasteiger partial charge in [-0.2, -0.15) is 0 Å². The third kappa shape index (κ3) is 4.57. The molecule has 0 aliphatic carbocycles. The second-order valence-electron chi connectivity index (χ2n) is 4.93. The zero-order chi connectivity index (χ0) is 14.6. The van der Waals surface area contributed by atoms with Crippen molar-refractivity contribution in [2.45, 2.75) is 32.9 Å². The molecule has 1 aromatic rings. The van der Waals surface area contributed by atoms with Crippen molar-refractivity contribution in [1.29, 1.82) is 0 Å². The second kappa shape index (κ2) is 5.69. The summed E-state index contributed by atoms with van der Waals surface area (Å²) in [6.45, 7) is 4.83. The highest BCUT2D eigenvalue weighted by atomic mass is 19.1. The maximum Gasteiger partial charge on any atom is 0.407 e. The molecule has 1 rings (SSSR count). The predicted molar refractivity (Wildman–Crippen MR) is 66.4 cm³/mol. The molecular weight excluding hydrogens is 253 g/mol. The van der Waals surface area contributed by atoms with E-state index in [1.54, 1.807) is 20.8 Å². The number of ether oxygens (including phenoxy) is 1. The zero-order valence-electron chi connectivity index (χ0n) is 11.0. The maximum atomic E-state index is 13.5. The number of amides is 1. The van der Waals surface area contributed by atoms with Gasteiger partial charge < -0.3 is 15.2 Å². The topological polar surface area (TPSA) is 75.6 Å². The molecule has 6 heteroatoms. The van der Waals surface area contributed by atoms with Gasteiger partial charge in [0.15, 0.2) is 0 Å². The molecule has 0 fully saturated rings. The summed E-state index contributed by atoms with van der Waals surface area (Å²) < 4.78 is 18.5. The van der Waals surface area contributed by atoms with Crippen molar-refractivity contribution in [2.75, 3.05) is 0 Å². The Labute approximate surface area is 110 Å². The van der Waals surface area contributed by atoms with E-state index < -0.39 is 23.5 Å². The van der Waals surface area contributed by atoms with Crippen molar-refractivity contribution in [3.05, 3.63) is 35.1 Å². The van der Waals surface area contributed by atoms with E-state index in [2.05, 4.69) is 5.32 Å². The molecule has 0 aliphatic heterocycles. The number of carboxylic acids is 1. The smallest absolute Gasteiger partial charge is 0.407 e. The van der Waals surface area contributed by atoms with Gasteiger partial charge >= 0.3 is 12.1 Å². The van der Waals surface area contributed by atoms with E-state index in [0.29, 0.717) is 0 Å². The summed E-state index contributed by atoms with van der Waals surface area (Å²) in [5.74, 6) is -1.93. The van der Waals surface area contributed by atoms with Crippen LogP contribution in [0.4, 0.5) is 9.18 Å². The van der Waals surface area contributed by atoms with Crippen LogP contribution in [0.1, 0.15) is 36.7 Å². The minimum atomic E-state index is -1.25. The average molecular weight is 269 g/mol. The number of carbonyl (C=O) groups excluding carboxylic acids is 1. The molecule has 0 saturated heterocycles. The van der Waals surface area contributed by atoms with Crippen LogP contribution in [0.5, 0.6) is 0 Å². The molecule has 104 valence electrons. The van der Waals surface area contributed by atoms with E-state index in [0.717, 1.165) is 6.07 Å². The highest BCUT2D eigenvalue weighted by Crippen LogP contribution is 2.14. The molecule has 0 heterocycles. The molecule has 0 saturated carbocycles. The van der Waals surface area contributed by atoms with Gasteiger partial charge in [0, 0.05) is 12.1 Å². The van der Waals surface area contributed by atoms with Crippen LogP contribution in [0.2, 0.25) is 0 Å². The van der Waals surface area contributed by atoms with E-state index in [4.69, 9.17) is 9.84 Å². The molecule has 1 amide bonds. The normalized spacial score (nSPS) is 10.9. The highest BCUT2D eigenvalue weighted by Gasteiger charge is 2.18. The standard InChI is InChI=1S/C13H16FNO4/c1-13(2,3)19-12(18)15-7-9-8(11(16)17)5-4-6-10(9)14/h4-6H,7H2,1-3H3,(H,15,18)(H,16,17). The number of rotatable bonds is 3. The van der Waals surface area contributed by atoms with Gasteiger partial charge in [0.1, 0.15) is 11.4 Å². The largest absolute Gasteiger partial charge is 0.478 e. The van der Waals surface area contributed by atoms with Gasteiger partial charge in [-0.15, -0.1) is 0 Å². The Morgan fingerprint density at radius 2 is 2.00 bits per heavy atom. The lowest BCUT2D eigenvalue weighted by Crippen LogP contribution is -2.32. The number of carbonyl (C=O) groups is 2. The molecule has 5 nitrogen and oxygen atoms in total. The number of aromatic carboxylic acids is 1. The molecule has 0 aliphatic rings.